The molecular weight excluding hydrogens is 367 g/mol. The Morgan fingerprint density at radius 2 is 2.00 bits per heavy atom. The molecule has 23 heavy (non-hydrogen) atoms. The van der Waals surface area contributed by atoms with Crippen LogP contribution in [0.2, 0.25) is 10.0 Å². The molecule has 0 spiro atoms. The molecule has 4 nitrogen and oxygen atoms in total. The Bertz CT molecular complexity index is 875. The van der Waals surface area contributed by atoms with Gasteiger partial charge in [0, 0.05) is 17.5 Å². The number of aromatic nitrogens is 3. The number of hydrogen-bond acceptors (Lipinski definition) is 4. The Morgan fingerprint density at radius 3 is 2.78 bits per heavy atom. The van der Waals surface area contributed by atoms with Crippen LogP contribution in [0.4, 0.5) is 8.78 Å². The van der Waals surface area contributed by atoms with Crippen molar-refractivity contribution in [1.82, 2.24) is 14.6 Å². The summed E-state index contributed by atoms with van der Waals surface area (Å²) in [4.78, 5) is 0. The van der Waals surface area contributed by atoms with Crippen molar-refractivity contribution in [3.8, 4) is 0 Å². The monoisotopic (exact) mass is 375 g/mol. The first kappa shape index (κ1) is 16.4. The number of pyridine rings is 1. The van der Waals surface area contributed by atoms with Crippen molar-refractivity contribution in [1.29, 1.82) is 0 Å². The molecular formula is C14H9Cl2F2N3OS. The predicted octanol–water partition coefficient (Wildman–Crippen LogP) is 4.14. The minimum atomic E-state index is -1.20. The maximum Gasteiger partial charge on any atom is 0.195 e. The summed E-state index contributed by atoms with van der Waals surface area (Å²) in [6.07, 6.45) is 0.387. The molecule has 1 unspecified atom stereocenters. The van der Waals surface area contributed by atoms with Gasteiger partial charge in [-0.25, -0.2) is 8.78 Å². The average Bonchev–Trinajstić information content (AvgIpc) is 2.90. The van der Waals surface area contributed by atoms with E-state index < -0.39 is 17.7 Å². The molecule has 3 rings (SSSR count). The van der Waals surface area contributed by atoms with Gasteiger partial charge in [0.2, 0.25) is 0 Å². The lowest BCUT2D eigenvalue weighted by Crippen LogP contribution is -2.05. The number of nitrogens with zero attached hydrogens (tertiary/aromatic N) is 3. The van der Waals surface area contributed by atoms with Gasteiger partial charge >= 0.3 is 0 Å². The Morgan fingerprint density at radius 1 is 1.22 bits per heavy atom. The summed E-state index contributed by atoms with van der Waals surface area (Å²) in [5.41, 5.74) is 0.312. The molecule has 1 aromatic carbocycles. The number of thioether (sulfide) groups is 1. The van der Waals surface area contributed by atoms with Crippen LogP contribution < -0.4 is 0 Å². The lowest BCUT2D eigenvalue weighted by molar-refractivity contribution is 0.198. The highest BCUT2D eigenvalue weighted by Gasteiger charge is 2.17. The van der Waals surface area contributed by atoms with Crippen molar-refractivity contribution in [2.75, 3.05) is 5.75 Å². The Kier molecular flexibility index (Phi) is 4.72. The van der Waals surface area contributed by atoms with Gasteiger partial charge in [0.05, 0.1) is 16.1 Å². The molecule has 9 heteroatoms. The van der Waals surface area contributed by atoms with Crippen LogP contribution in [0.25, 0.3) is 5.65 Å². The van der Waals surface area contributed by atoms with Gasteiger partial charge < -0.3 is 5.11 Å². The van der Waals surface area contributed by atoms with Crippen LogP contribution in [0.5, 0.6) is 0 Å². The maximum atomic E-state index is 13.6. The van der Waals surface area contributed by atoms with Gasteiger partial charge in [-0.1, -0.05) is 35.0 Å². The summed E-state index contributed by atoms with van der Waals surface area (Å²) in [5, 5.41) is 19.1. The Hall–Kier alpha value is -1.41. The van der Waals surface area contributed by atoms with Crippen LogP contribution in [-0.2, 0) is 0 Å². The summed E-state index contributed by atoms with van der Waals surface area (Å²) in [7, 11) is 0. The second-order valence-electron chi connectivity index (χ2n) is 4.68. The van der Waals surface area contributed by atoms with Gasteiger partial charge in [-0.05, 0) is 24.3 Å². The van der Waals surface area contributed by atoms with Gasteiger partial charge in [0.25, 0.3) is 0 Å². The molecule has 0 radical (unpaired) electrons. The van der Waals surface area contributed by atoms with E-state index >= 15 is 0 Å². The summed E-state index contributed by atoms with van der Waals surface area (Å²) in [5.74, 6) is -1.22. The molecule has 1 atom stereocenters. The number of fused-ring (bicyclic) bond motifs is 1. The second kappa shape index (κ2) is 6.60. The van der Waals surface area contributed by atoms with Gasteiger partial charge in [0.1, 0.15) is 11.6 Å². The highest BCUT2D eigenvalue weighted by molar-refractivity contribution is 7.99. The zero-order valence-electron chi connectivity index (χ0n) is 11.4. The van der Waals surface area contributed by atoms with Gasteiger partial charge in [-0.3, -0.25) is 4.40 Å². The largest absolute Gasteiger partial charge is 0.387 e. The van der Waals surface area contributed by atoms with E-state index in [-0.39, 0.29) is 11.3 Å². The summed E-state index contributed by atoms with van der Waals surface area (Å²) >= 11 is 13.1. The zero-order valence-corrected chi connectivity index (χ0v) is 13.7. The standard InChI is InChI=1S/C14H9Cl2F2N3OS/c15-7-3-10(16)13-19-20-14(21(13)5-7)23-6-12(22)9-4-8(17)1-2-11(9)18/h1-5,12,22H,6H2. The molecule has 2 aromatic heterocycles. The number of aliphatic hydroxyl groups is 1. The molecule has 0 fully saturated rings. The van der Waals surface area contributed by atoms with Crippen LogP contribution in [0.3, 0.4) is 0 Å². The molecule has 0 saturated heterocycles. The summed E-state index contributed by atoms with van der Waals surface area (Å²) < 4.78 is 28.4. The molecule has 0 saturated carbocycles. The third-order valence-corrected chi connectivity index (χ3v) is 4.59. The zero-order chi connectivity index (χ0) is 16.6. The molecule has 120 valence electrons. The third-order valence-electron chi connectivity index (χ3n) is 3.08. The van der Waals surface area contributed by atoms with Crippen LogP contribution in [0.1, 0.15) is 11.7 Å². The highest BCUT2D eigenvalue weighted by Crippen LogP contribution is 2.28. The third kappa shape index (κ3) is 3.42. The number of aliphatic hydroxyl groups excluding tert-OH is 1. The van der Waals surface area contributed by atoms with Crippen molar-refractivity contribution in [2.45, 2.75) is 11.3 Å². The van der Waals surface area contributed by atoms with E-state index in [4.69, 9.17) is 23.2 Å². The number of rotatable bonds is 4. The number of benzene rings is 1. The van der Waals surface area contributed by atoms with Crippen LogP contribution >= 0.6 is 35.0 Å². The molecule has 0 aliphatic carbocycles. The van der Waals surface area contributed by atoms with Crippen LogP contribution in [0, 0.1) is 11.6 Å². The van der Waals surface area contributed by atoms with Gasteiger partial charge in [-0.2, -0.15) is 0 Å². The SMILES string of the molecule is OC(CSc1nnc2c(Cl)cc(Cl)cn12)c1cc(F)ccc1F. The topological polar surface area (TPSA) is 50.4 Å². The van der Waals surface area contributed by atoms with Gasteiger partial charge in [-0.15, -0.1) is 10.2 Å². The fourth-order valence-corrected chi connectivity index (χ4v) is 3.39. The lowest BCUT2D eigenvalue weighted by Gasteiger charge is -2.11. The Labute approximate surface area is 144 Å². The predicted molar refractivity (Wildman–Crippen MR) is 85.0 cm³/mol. The quantitative estimate of drug-likeness (QED) is 0.696. The molecule has 0 amide bonds. The smallest absolute Gasteiger partial charge is 0.195 e. The van der Waals surface area contributed by atoms with Crippen LogP contribution in [-0.4, -0.2) is 25.5 Å². The minimum Gasteiger partial charge on any atom is -0.387 e. The summed E-state index contributed by atoms with van der Waals surface area (Å²) in [6.45, 7) is 0. The van der Waals surface area contributed by atoms with Crippen molar-refractivity contribution in [3.63, 3.8) is 0 Å². The van der Waals surface area contributed by atoms with Crippen LogP contribution in [0.15, 0.2) is 35.6 Å². The fourth-order valence-electron chi connectivity index (χ4n) is 2.01. The van der Waals surface area contributed by atoms with Gasteiger partial charge in [0.15, 0.2) is 10.8 Å². The number of halogens is 4. The van der Waals surface area contributed by atoms with Crippen molar-refractivity contribution >= 4 is 40.6 Å². The second-order valence-corrected chi connectivity index (χ2v) is 6.51. The molecule has 2 heterocycles. The minimum absolute atomic E-state index is 0.0608. The normalized spacial score (nSPS) is 12.7. The molecule has 0 bridgehead atoms. The molecule has 1 N–H and O–H groups in total. The lowest BCUT2D eigenvalue weighted by atomic mass is 10.1. The fraction of sp³-hybridized carbons (Fsp3) is 0.143. The van der Waals surface area contributed by atoms with Crippen molar-refractivity contribution < 1.29 is 13.9 Å². The number of hydrogen-bond donors (Lipinski definition) is 1. The average molecular weight is 376 g/mol. The maximum absolute atomic E-state index is 13.6. The molecule has 0 aliphatic heterocycles. The first-order chi connectivity index (χ1) is 11.0. The van der Waals surface area contributed by atoms with Crippen molar-refractivity contribution in [2.24, 2.45) is 0 Å². The Balaban J connectivity index is 1.82. The molecule has 3 aromatic rings. The van der Waals surface area contributed by atoms with E-state index in [1.165, 1.54) is 0 Å². The van der Waals surface area contributed by atoms with Crippen molar-refractivity contribution in [3.05, 3.63) is 57.7 Å². The van der Waals surface area contributed by atoms with E-state index in [2.05, 4.69) is 10.2 Å². The first-order valence-electron chi connectivity index (χ1n) is 6.41. The first-order valence-corrected chi connectivity index (χ1v) is 8.15. The van der Waals surface area contributed by atoms with E-state index in [0.717, 1.165) is 30.0 Å². The van der Waals surface area contributed by atoms with E-state index in [9.17, 15) is 13.9 Å². The molecule has 0 aliphatic rings. The highest BCUT2D eigenvalue weighted by atomic mass is 35.5. The van der Waals surface area contributed by atoms with E-state index in [1.807, 2.05) is 0 Å². The van der Waals surface area contributed by atoms with E-state index in [0.29, 0.717) is 20.8 Å². The van der Waals surface area contributed by atoms with E-state index in [1.54, 1.807) is 16.7 Å². The summed E-state index contributed by atoms with van der Waals surface area (Å²) in [6, 6.07) is 4.48.